The van der Waals surface area contributed by atoms with Gasteiger partial charge < -0.3 is 0 Å². The van der Waals surface area contributed by atoms with Crippen molar-refractivity contribution >= 4 is 32.4 Å². The molecule has 0 saturated heterocycles. The van der Waals surface area contributed by atoms with Crippen LogP contribution in [0.1, 0.15) is 11.1 Å². The average molecular weight is 248 g/mol. The molecule has 0 N–H and O–H groups in total. The summed E-state index contributed by atoms with van der Waals surface area (Å²) >= 11 is 4.07. The maximum atomic E-state index is 11.0. The zero-order valence-corrected chi connectivity index (χ0v) is 9.62. The minimum absolute atomic E-state index is 0.0778. The minimum atomic E-state index is -3.79. The summed E-state index contributed by atoms with van der Waals surface area (Å²) in [6.07, 6.45) is 0. The molecule has 0 unspecified atom stereocenters. The number of hydrogen-bond acceptors (Lipinski definition) is 4. The predicted octanol–water partition coefficient (Wildman–Crippen LogP) is 2.08. The Balaban J connectivity index is 3.56. The highest BCUT2D eigenvalue weighted by Crippen LogP contribution is 2.24. The molecule has 0 spiro atoms. The topological polar surface area (TPSA) is 57.9 Å². The molecule has 0 bridgehead atoms. The van der Waals surface area contributed by atoms with Gasteiger partial charge in [-0.2, -0.15) is 5.26 Å². The summed E-state index contributed by atoms with van der Waals surface area (Å²) in [7, 11) is 1.36. The number of rotatable bonds is 1. The second-order valence-electron chi connectivity index (χ2n) is 2.69. The Morgan fingerprint density at radius 2 is 2.07 bits per heavy atom. The number of benzene rings is 1. The molecule has 1 rings (SSSR count). The van der Waals surface area contributed by atoms with Crippen molar-refractivity contribution in [1.82, 2.24) is 0 Å². The quantitative estimate of drug-likeness (QED) is 0.611. The van der Waals surface area contributed by atoms with Gasteiger partial charge in [-0.25, -0.2) is 8.42 Å². The summed E-state index contributed by atoms with van der Waals surface area (Å²) in [5, 5.41) is 8.70. The Labute approximate surface area is 92.1 Å². The summed E-state index contributed by atoms with van der Waals surface area (Å²) in [5.74, 6) is 0. The first-order valence-electron chi connectivity index (χ1n) is 3.54. The highest BCUT2D eigenvalue weighted by atomic mass is 35.7. The number of thiol groups is 1. The number of aryl methyl sites for hydroxylation is 1. The van der Waals surface area contributed by atoms with E-state index >= 15 is 0 Å². The first kappa shape index (κ1) is 11.4. The van der Waals surface area contributed by atoms with Crippen LogP contribution in [0.3, 0.4) is 0 Å². The van der Waals surface area contributed by atoms with E-state index in [4.69, 9.17) is 15.9 Å². The van der Waals surface area contributed by atoms with Crippen LogP contribution in [-0.4, -0.2) is 8.42 Å². The Morgan fingerprint density at radius 1 is 1.50 bits per heavy atom. The zero-order chi connectivity index (χ0) is 10.9. The fraction of sp³-hybridized carbons (Fsp3) is 0.125. The van der Waals surface area contributed by atoms with Gasteiger partial charge in [0.15, 0.2) is 0 Å². The molecule has 1 aromatic rings. The second kappa shape index (κ2) is 3.81. The van der Waals surface area contributed by atoms with E-state index in [2.05, 4.69) is 12.6 Å². The molecule has 3 nitrogen and oxygen atoms in total. The molecule has 0 aromatic heterocycles. The molecule has 0 heterocycles. The van der Waals surface area contributed by atoms with Crippen LogP contribution in [0, 0.1) is 18.3 Å². The fourth-order valence-electron chi connectivity index (χ4n) is 0.972. The van der Waals surface area contributed by atoms with Crippen LogP contribution in [0.4, 0.5) is 0 Å². The normalized spacial score (nSPS) is 11.0. The minimum Gasteiger partial charge on any atom is -0.207 e. The first-order chi connectivity index (χ1) is 6.36. The van der Waals surface area contributed by atoms with Crippen molar-refractivity contribution in [3.63, 3.8) is 0 Å². The molecule has 74 valence electrons. The van der Waals surface area contributed by atoms with E-state index in [1.165, 1.54) is 12.1 Å². The van der Waals surface area contributed by atoms with Crippen molar-refractivity contribution in [2.45, 2.75) is 16.7 Å². The fourth-order valence-corrected chi connectivity index (χ4v) is 1.99. The van der Waals surface area contributed by atoms with Crippen molar-refractivity contribution in [3.8, 4) is 6.07 Å². The van der Waals surface area contributed by atoms with Crippen molar-refractivity contribution in [2.75, 3.05) is 0 Å². The van der Waals surface area contributed by atoms with E-state index in [9.17, 15) is 8.42 Å². The Hall–Kier alpha value is -0.700. The summed E-state index contributed by atoms with van der Waals surface area (Å²) in [4.78, 5) is 0.391. The van der Waals surface area contributed by atoms with Crippen LogP contribution < -0.4 is 0 Å². The van der Waals surface area contributed by atoms with Gasteiger partial charge in [-0.3, -0.25) is 0 Å². The van der Waals surface area contributed by atoms with Crippen molar-refractivity contribution in [3.05, 3.63) is 23.3 Å². The Bertz CT molecular complexity index is 517. The maximum Gasteiger partial charge on any atom is 0.261 e. The molecule has 0 aliphatic heterocycles. The van der Waals surface area contributed by atoms with Gasteiger partial charge in [-0.05, 0) is 24.6 Å². The lowest BCUT2D eigenvalue weighted by atomic mass is 10.1. The monoisotopic (exact) mass is 247 g/mol. The van der Waals surface area contributed by atoms with Crippen molar-refractivity contribution in [2.24, 2.45) is 0 Å². The Kier molecular flexibility index (Phi) is 3.10. The molecule has 0 amide bonds. The van der Waals surface area contributed by atoms with E-state index < -0.39 is 9.05 Å². The van der Waals surface area contributed by atoms with E-state index in [-0.39, 0.29) is 10.5 Å². The van der Waals surface area contributed by atoms with Crippen LogP contribution in [0.15, 0.2) is 21.9 Å². The van der Waals surface area contributed by atoms with E-state index in [1.807, 2.05) is 6.07 Å². The average Bonchev–Trinajstić information content (AvgIpc) is 2.07. The van der Waals surface area contributed by atoms with Gasteiger partial charge in [0.05, 0.1) is 10.5 Å². The zero-order valence-electron chi connectivity index (χ0n) is 7.15. The van der Waals surface area contributed by atoms with Crippen molar-refractivity contribution in [1.29, 1.82) is 5.26 Å². The third-order valence-corrected chi connectivity index (χ3v) is 3.60. The van der Waals surface area contributed by atoms with Gasteiger partial charge >= 0.3 is 0 Å². The number of nitriles is 1. The maximum absolute atomic E-state index is 11.0. The molecule has 6 heteroatoms. The SMILES string of the molecule is Cc1cc(S(=O)(=O)Cl)cc(C#N)c1S. The second-order valence-corrected chi connectivity index (χ2v) is 5.70. The lowest BCUT2D eigenvalue weighted by Crippen LogP contribution is -1.94. The predicted molar refractivity (Wildman–Crippen MR) is 56.2 cm³/mol. The third kappa shape index (κ3) is 2.21. The molecule has 14 heavy (non-hydrogen) atoms. The number of nitrogens with zero attached hydrogens (tertiary/aromatic N) is 1. The molecular formula is C8H6ClNO2S2. The highest BCUT2D eigenvalue weighted by molar-refractivity contribution is 8.13. The smallest absolute Gasteiger partial charge is 0.207 e. The lowest BCUT2D eigenvalue weighted by molar-refractivity contribution is 0.609. The summed E-state index contributed by atoms with van der Waals surface area (Å²) < 4.78 is 22.0. The molecule has 0 radical (unpaired) electrons. The van der Waals surface area contributed by atoms with Gasteiger partial charge in [0, 0.05) is 15.6 Å². The Morgan fingerprint density at radius 3 is 2.50 bits per heavy atom. The molecule has 0 atom stereocenters. The third-order valence-electron chi connectivity index (χ3n) is 1.68. The summed E-state index contributed by atoms with van der Waals surface area (Å²) in [5.41, 5.74) is 0.805. The van der Waals surface area contributed by atoms with Gasteiger partial charge in [0.25, 0.3) is 9.05 Å². The molecule has 0 aliphatic carbocycles. The van der Waals surface area contributed by atoms with Gasteiger partial charge in [0.1, 0.15) is 6.07 Å². The highest BCUT2D eigenvalue weighted by Gasteiger charge is 2.13. The summed E-state index contributed by atoms with van der Waals surface area (Å²) in [6, 6.07) is 4.44. The molecule has 0 saturated carbocycles. The summed E-state index contributed by atoms with van der Waals surface area (Å²) in [6.45, 7) is 1.66. The van der Waals surface area contributed by atoms with E-state index in [1.54, 1.807) is 6.92 Å². The molecular weight excluding hydrogens is 242 g/mol. The lowest BCUT2D eigenvalue weighted by Gasteiger charge is -2.03. The number of halogens is 1. The molecule has 0 fully saturated rings. The van der Waals surface area contributed by atoms with Gasteiger partial charge in [-0.1, -0.05) is 0 Å². The molecule has 0 aliphatic rings. The van der Waals surface area contributed by atoms with Crippen LogP contribution in [0.2, 0.25) is 0 Å². The number of hydrogen-bond donors (Lipinski definition) is 1. The van der Waals surface area contributed by atoms with Gasteiger partial charge in [-0.15, -0.1) is 12.6 Å². The van der Waals surface area contributed by atoms with Crippen LogP contribution in [-0.2, 0) is 9.05 Å². The van der Waals surface area contributed by atoms with Gasteiger partial charge in [0.2, 0.25) is 0 Å². The van der Waals surface area contributed by atoms with Crippen LogP contribution in [0.5, 0.6) is 0 Å². The van der Waals surface area contributed by atoms with E-state index in [0.717, 1.165) is 0 Å². The standard InChI is InChI=1S/C8H6ClNO2S2/c1-5-2-7(14(9,11)12)3-6(4-10)8(5)13/h2-3,13H,1H3. The van der Waals surface area contributed by atoms with Crippen LogP contribution >= 0.6 is 23.3 Å². The van der Waals surface area contributed by atoms with E-state index in [0.29, 0.717) is 10.5 Å². The van der Waals surface area contributed by atoms with Crippen molar-refractivity contribution < 1.29 is 8.42 Å². The largest absolute Gasteiger partial charge is 0.261 e. The molecule has 1 aromatic carbocycles. The first-order valence-corrected chi connectivity index (χ1v) is 6.30. The van der Waals surface area contributed by atoms with Crippen LogP contribution in [0.25, 0.3) is 0 Å².